The van der Waals surface area contributed by atoms with Gasteiger partial charge in [0.1, 0.15) is 12.1 Å². The van der Waals surface area contributed by atoms with E-state index in [1.807, 2.05) is 42.5 Å². The first-order chi connectivity index (χ1) is 14.2. The second-order valence-corrected chi connectivity index (χ2v) is 6.30. The van der Waals surface area contributed by atoms with Crippen LogP contribution in [0.4, 0.5) is 0 Å². The van der Waals surface area contributed by atoms with Crippen molar-refractivity contribution in [3.63, 3.8) is 0 Å². The molecule has 0 aliphatic rings. The quantitative estimate of drug-likeness (QED) is 0.442. The summed E-state index contributed by atoms with van der Waals surface area (Å²) in [6.07, 6.45) is 1.77. The van der Waals surface area contributed by atoms with Crippen molar-refractivity contribution >= 4 is 21.8 Å². The van der Waals surface area contributed by atoms with Gasteiger partial charge in [0.15, 0.2) is 17.3 Å². The van der Waals surface area contributed by atoms with E-state index in [2.05, 4.69) is 9.97 Å². The summed E-state index contributed by atoms with van der Waals surface area (Å²) in [4.78, 5) is 13.7. The van der Waals surface area contributed by atoms with Crippen LogP contribution < -0.4 is 14.2 Å². The summed E-state index contributed by atoms with van der Waals surface area (Å²) in [5.74, 6) is 2.12. The molecule has 0 fully saturated rings. The predicted molar refractivity (Wildman–Crippen MR) is 111 cm³/mol. The Labute approximate surface area is 168 Å². The Morgan fingerprint density at radius 1 is 0.897 bits per heavy atom. The van der Waals surface area contributed by atoms with Crippen LogP contribution in [0.15, 0.2) is 48.7 Å². The van der Waals surface area contributed by atoms with E-state index in [1.54, 1.807) is 27.5 Å². The molecule has 0 spiro atoms. The van der Waals surface area contributed by atoms with E-state index < -0.39 is 0 Å². The lowest BCUT2D eigenvalue weighted by molar-refractivity contribution is 0.144. The van der Waals surface area contributed by atoms with Gasteiger partial charge < -0.3 is 18.9 Å². The Kier molecular flexibility index (Phi) is 5.39. The molecule has 0 amide bonds. The standard InChI is InChI=1S/C22H21N3O4/c1-26-11-12-29-18-9-7-16-19(20(18)27-2)24-21(25-22(16)28-3)15-6-8-17-14(13-15)5-4-10-23-17/h4-10,13H,11-12H2,1-3H3. The van der Waals surface area contributed by atoms with Crippen LogP contribution in [0.2, 0.25) is 0 Å². The largest absolute Gasteiger partial charge is 0.491 e. The molecule has 4 rings (SSSR count). The fraction of sp³-hybridized carbons (Fsp3) is 0.227. The minimum absolute atomic E-state index is 0.408. The zero-order chi connectivity index (χ0) is 20.2. The Bertz CT molecular complexity index is 1160. The third-order valence-corrected chi connectivity index (χ3v) is 4.55. The number of hydrogen-bond acceptors (Lipinski definition) is 7. The Morgan fingerprint density at radius 3 is 2.59 bits per heavy atom. The SMILES string of the molecule is COCCOc1ccc2c(OC)nc(-c3ccc4ncccc4c3)nc2c1OC. The molecule has 0 bridgehead atoms. The summed E-state index contributed by atoms with van der Waals surface area (Å²) >= 11 is 0. The minimum atomic E-state index is 0.408. The maximum atomic E-state index is 5.79. The number of nitrogens with zero attached hydrogens (tertiary/aromatic N) is 3. The average Bonchev–Trinajstić information content (AvgIpc) is 2.77. The third kappa shape index (κ3) is 3.64. The second kappa shape index (κ2) is 8.28. The van der Waals surface area contributed by atoms with Crippen LogP contribution >= 0.6 is 0 Å². The number of benzene rings is 2. The van der Waals surface area contributed by atoms with Crippen LogP contribution in [0, 0.1) is 0 Å². The number of fused-ring (bicyclic) bond motifs is 2. The summed E-state index contributed by atoms with van der Waals surface area (Å²) in [6, 6.07) is 13.5. The molecule has 7 heteroatoms. The van der Waals surface area contributed by atoms with Gasteiger partial charge in [0.25, 0.3) is 0 Å². The van der Waals surface area contributed by atoms with E-state index in [1.165, 1.54) is 0 Å². The van der Waals surface area contributed by atoms with Crippen molar-refractivity contribution in [1.82, 2.24) is 15.0 Å². The molecule has 0 N–H and O–H groups in total. The van der Waals surface area contributed by atoms with E-state index in [4.69, 9.17) is 23.9 Å². The van der Waals surface area contributed by atoms with Gasteiger partial charge in [0.2, 0.25) is 5.88 Å². The highest BCUT2D eigenvalue weighted by Gasteiger charge is 2.17. The Balaban J connectivity index is 1.87. The number of pyridine rings is 1. The van der Waals surface area contributed by atoms with Gasteiger partial charge in [-0.15, -0.1) is 0 Å². The first kappa shape index (κ1) is 18.9. The summed E-state index contributed by atoms with van der Waals surface area (Å²) < 4.78 is 22.0. The van der Waals surface area contributed by atoms with E-state index in [9.17, 15) is 0 Å². The maximum absolute atomic E-state index is 5.79. The number of aromatic nitrogens is 3. The molecular weight excluding hydrogens is 370 g/mol. The highest BCUT2D eigenvalue weighted by Crippen LogP contribution is 2.38. The molecule has 148 valence electrons. The fourth-order valence-electron chi connectivity index (χ4n) is 3.17. The highest BCUT2D eigenvalue weighted by molar-refractivity contribution is 5.92. The molecular formula is C22H21N3O4. The van der Waals surface area contributed by atoms with Crippen molar-refractivity contribution < 1.29 is 18.9 Å². The van der Waals surface area contributed by atoms with Crippen molar-refractivity contribution in [2.45, 2.75) is 0 Å². The number of hydrogen-bond donors (Lipinski definition) is 0. The molecule has 0 unspecified atom stereocenters. The molecule has 29 heavy (non-hydrogen) atoms. The van der Waals surface area contributed by atoms with Gasteiger partial charge in [-0.25, -0.2) is 4.98 Å². The molecule has 0 aliphatic carbocycles. The van der Waals surface area contributed by atoms with Crippen molar-refractivity contribution in [3.05, 3.63) is 48.7 Å². The first-order valence-electron chi connectivity index (χ1n) is 9.14. The number of rotatable bonds is 7. The molecule has 2 aromatic heterocycles. The zero-order valence-electron chi connectivity index (χ0n) is 16.5. The van der Waals surface area contributed by atoms with Gasteiger partial charge in [-0.2, -0.15) is 4.98 Å². The average molecular weight is 391 g/mol. The third-order valence-electron chi connectivity index (χ3n) is 4.55. The first-order valence-corrected chi connectivity index (χ1v) is 9.14. The molecule has 0 aliphatic heterocycles. The van der Waals surface area contributed by atoms with E-state index in [0.717, 1.165) is 21.9 Å². The van der Waals surface area contributed by atoms with E-state index in [0.29, 0.717) is 41.9 Å². The number of ether oxygens (including phenoxy) is 4. The van der Waals surface area contributed by atoms with Crippen LogP contribution in [-0.2, 0) is 4.74 Å². The molecule has 0 atom stereocenters. The van der Waals surface area contributed by atoms with Crippen molar-refractivity contribution in [2.75, 3.05) is 34.5 Å². The Morgan fingerprint density at radius 2 is 1.79 bits per heavy atom. The van der Waals surface area contributed by atoms with Crippen LogP contribution in [-0.4, -0.2) is 49.5 Å². The minimum Gasteiger partial charge on any atom is -0.491 e. The summed E-state index contributed by atoms with van der Waals surface area (Å²) in [5.41, 5.74) is 2.39. The Hall–Kier alpha value is -3.45. The predicted octanol–water partition coefficient (Wildman–Crippen LogP) is 3.89. The monoisotopic (exact) mass is 391 g/mol. The van der Waals surface area contributed by atoms with E-state index in [-0.39, 0.29) is 0 Å². The maximum Gasteiger partial charge on any atom is 0.224 e. The van der Waals surface area contributed by atoms with Crippen LogP contribution in [0.1, 0.15) is 0 Å². The topological polar surface area (TPSA) is 75.6 Å². The lowest BCUT2D eigenvalue weighted by atomic mass is 10.1. The second-order valence-electron chi connectivity index (χ2n) is 6.30. The molecule has 0 saturated carbocycles. The van der Waals surface area contributed by atoms with Gasteiger partial charge in [0, 0.05) is 24.3 Å². The lowest BCUT2D eigenvalue weighted by Gasteiger charge is -2.14. The van der Waals surface area contributed by atoms with Gasteiger partial charge in [-0.05, 0) is 36.4 Å². The molecule has 4 aromatic rings. The van der Waals surface area contributed by atoms with Crippen molar-refractivity contribution in [1.29, 1.82) is 0 Å². The van der Waals surface area contributed by atoms with Crippen molar-refractivity contribution in [2.24, 2.45) is 0 Å². The van der Waals surface area contributed by atoms with Gasteiger partial charge in [0.05, 0.1) is 31.7 Å². The van der Waals surface area contributed by atoms with Crippen molar-refractivity contribution in [3.8, 4) is 28.8 Å². The molecule has 2 heterocycles. The zero-order valence-corrected chi connectivity index (χ0v) is 16.5. The molecule has 7 nitrogen and oxygen atoms in total. The van der Waals surface area contributed by atoms with Gasteiger partial charge in [-0.3, -0.25) is 4.98 Å². The summed E-state index contributed by atoms with van der Waals surface area (Å²) in [6.45, 7) is 0.885. The summed E-state index contributed by atoms with van der Waals surface area (Å²) in [7, 11) is 4.81. The van der Waals surface area contributed by atoms with Crippen LogP contribution in [0.5, 0.6) is 17.4 Å². The van der Waals surface area contributed by atoms with Crippen LogP contribution in [0.25, 0.3) is 33.2 Å². The van der Waals surface area contributed by atoms with Gasteiger partial charge >= 0.3 is 0 Å². The normalized spacial score (nSPS) is 11.0. The summed E-state index contributed by atoms with van der Waals surface area (Å²) in [5, 5.41) is 1.76. The lowest BCUT2D eigenvalue weighted by Crippen LogP contribution is -2.06. The molecule has 2 aromatic carbocycles. The number of methoxy groups -OCH3 is 3. The molecule has 0 saturated heterocycles. The molecule has 0 radical (unpaired) electrons. The fourth-order valence-corrected chi connectivity index (χ4v) is 3.17. The van der Waals surface area contributed by atoms with E-state index >= 15 is 0 Å². The van der Waals surface area contributed by atoms with Crippen LogP contribution in [0.3, 0.4) is 0 Å². The van der Waals surface area contributed by atoms with Gasteiger partial charge in [-0.1, -0.05) is 6.07 Å². The highest BCUT2D eigenvalue weighted by atomic mass is 16.5. The smallest absolute Gasteiger partial charge is 0.224 e.